The van der Waals surface area contributed by atoms with Gasteiger partial charge in [0.15, 0.2) is 11.0 Å². The van der Waals surface area contributed by atoms with E-state index in [1.54, 1.807) is 6.08 Å². The lowest BCUT2D eigenvalue weighted by Crippen LogP contribution is -2.17. The van der Waals surface area contributed by atoms with Crippen molar-refractivity contribution in [2.24, 2.45) is 5.92 Å². The summed E-state index contributed by atoms with van der Waals surface area (Å²) in [6.07, 6.45) is 4.56. The fourth-order valence-corrected chi connectivity index (χ4v) is 6.63. The van der Waals surface area contributed by atoms with Gasteiger partial charge in [-0.25, -0.2) is 4.79 Å². The minimum atomic E-state index is -0.400. The fourth-order valence-electron chi connectivity index (χ4n) is 4.47. The zero-order valence-corrected chi connectivity index (χ0v) is 23.7. The molecule has 1 atom stereocenters. The molecule has 196 valence electrons. The van der Waals surface area contributed by atoms with Gasteiger partial charge < -0.3 is 10.1 Å². The molecule has 0 saturated heterocycles. The molecule has 1 N–H and O–H groups in total. The van der Waals surface area contributed by atoms with Crippen molar-refractivity contribution in [1.29, 1.82) is 0 Å². The molecule has 0 fully saturated rings. The highest BCUT2D eigenvalue weighted by Gasteiger charge is 2.29. The summed E-state index contributed by atoms with van der Waals surface area (Å²) in [5, 5.41) is 12.9. The number of nitrogens with one attached hydrogen (secondary N) is 1. The summed E-state index contributed by atoms with van der Waals surface area (Å²) in [5.74, 6) is 0.827. The molecule has 2 heterocycles. The van der Waals surface area contributed by atoms with E-state index in [4.69, 9.17) is 4.74 Å². The molecule has 0 spiro atoms. The molecule has 4 rings (SSSR count). The predicted molar refractivity (Wildman–Crippen MR) is 151 cm³/mol. The van der Waals surface area contributed by atoms with Crippen LogP contribution in [0.15, 0.2) is 42.1 Å². The largest absolute Gasteiger partial charge is 0.465 e. The lowest BCUT2D eigenvalue weighted by atomic mass is 9.87. The number of aromatic nitrogens is 3. The third-order valence-electron chi connectivity index (χ3n) is 6.52. The number of thiophene rings is 1. The number of rotatable bonds is 8. The molecule has 1 aliphatic carbocycles. The summed E-state index contributed by atoms with van der Waals surface area (Å²) in [4.78, 5) is 26.6. The minimum absolute atomic E-state index is 0.0650. The van der Waals surface area contributed by atoms with E-state index < -0.39 is 5.97 Å². The molecular weight excluding hydrogens is 504 g/mol. The zero-order valence-electron chi connectivity index (χ0n) is 22.1. The molecule has 1 unspecified atom stereocenters. The lowest BCUT2D eigenvalue weighted by Gasteiger charge is -2.19. The van der Waals surface area contributed by atoms with Crippen LogP contribution >= 0.6 is 23.1 Å². The van der Waals surface area contributed by atoms with Crippen molar-refractivity contribution < 1.29 is 14.3 Å². The molecule has 0 bridgehead atoms. The number of benzene rings is 1. The van der Waals surface area contributed by atoms with E-state index in [9.17, 15) is 9.59 Å². The number of carbonyl (C=O) groups excluding carboxylic acids is 2. The van der Waals surface area contributed by atoms with Gasteiger partial charge in [0.05, 0.1) is 18.4 Å². The van der Waals surface area contributed by atoms with E-state index in [0.29, 0.717) is 28.2 Å². The minimum Gasteiger partial charge on any atom is -0.465 e. The van der Waals surface area contributed by atoms with Crippen LogP contribution in [0.5, 0.6) is 0 Å². The molecule has 0 aliphatic heterocycles. The summed E-state index contributed by atoms with van der Waals surface area (Å²) in [6, 6.07) is 8.34. The second-order valence-corrected chi connectivity index (χ2v) is 12.5. The number of amides is 1. The van der Waals surface area contributed by atoms with E-state index in [0.717, 1.165) is 41.1 Å². The van der Waals surface area contributed by atoms with Crippen LogP contribution in [0.3, 0.4) is 0 Å². The maximum Gasteiger partial charge on any atom is 0.341 e. The Morgan fingerprint density at radius 3 is 2.65 bits per heavy atom. The fraction of sp³-hybridized carbons (Fsp3) is 0.429. The Kier molecular flexibility index (Phi) is 8.23. The first-order valence-corrected chi connectivity index (χ1v) is 14.2. The van der Waals surface area contributed by atoms with Crippen LogP contribution in [0.4, 0.5) is 5.00 Å². The first-order chi connectivity index (χ1) is 17.6. The van der Waals surface area contributed by atoms with Gasteiger partial charge in [0.25, 0.3) is 0 Å². The van der Waals surface area contributed by atoms with Gasteiger partial charge in [-0.1, -0.05) is 69.8 Å². The molecule has 0 saturated carbocycles. The predicted octanol–water partition coefficient (Wildman–Crippen LogP) is 6.13. The Bertz CT molecular complexity index is 1300. The molecule has 7 nitrogen and oxygen atoms in total. The number of hydrogen-bond acceptors (Lipinski definition) is 7. The van der Waals surface area contributed by atoms with E-state index >= 15 is 0 Å². The van der Waals surface area contributed by atoms with Crippen LogP contribution in [-0.2, 0) is 34.3 Å². The van der Waals surface area contributed by atoms with Gasteiger partial charge in [-0.3, -0.25) is 9.36 Å². The number of esters is 1. The second-order valence-electron chi connectivity index (χ2n) is 10.4. The topological polar surface area (TPSA) is 86.1 Å². The third kappa shape index (κ3) is 5.99. The van der Waals surface area contributed by atoms with Crippen molar-refractivity contribution in [3.05, 3.63) is 58.5 Å². The van der Waals surface area contributed by atoms with Crippen LogP contribution < -0.4 is 5.32 Å². The Morgan fingerprint density at radius 2 is 2.00 bits per heavy atom. The first-order valence-electron chi connectivity index (χ1n) is 12.4. The van der Waals surface area contributed by atoms with Crippen molar-refractivity contribution in [2.45, 2.75) is 64.1 Å². The van der Waals surface area contributed by atoms with Crippen molar-refractivity contribution >= 4 is 40.0 Å². The van der Waals surface area contributed by atoms with Crippen molar-refractivity contribution in [2.75, 3.05) is 18.2 Å². The molecule has 37 heavy (non-hydrogen) atoms. The Hall–Kier alpha value is -2.91. The van der Waals surface area contributed by atoms with E-state index in [1.165, 1.54) is 35.8 Å². The summed E-state index contributed by atoms with van der Waals surface area (Å²) in [5.41, 5.74) is 3.79. The first kappa shape index (κ1) is 27.1. The Balaban J connectivity index is 1.50. The number of ether oxygens (including phenoxy) is 1. The number of allylic oxidation sites excluding steroid dienone is 1. The highest BCUT2D eigenvalue weighted by atomic mass is 32.2. The van der Waals surface area contributed by atoms with Crippen LogP contribution in [0, 0.1) is 5.92 Å². The highest BCUT2D eigenvalue weighted by molar-refractivity contribution is 7.99. The number of methoxy groups -OCH3 is 1. The average molecular weight is 539 g/mol. The molecule has 1 aliphatic rings. The number of anilines is 1. The monoisotopic (exact) mass is 538 g/mol. The Morgan fingerprint density at radius 1 is 1.27 bits per heavy atom. The van der Waals surface area contributed by atoms with Gasteiger partial charge in [-0.05, 0) is 41.7 Å². The summed E-state index contributed by atoms with van der Waals surface area (Å²) >= 11 is 2.80. The molecule has 2 aromatic heterocycles. The maximum atomic E-state index is 12.9. The number of carbonyl (C=O) groups is 2. The Labute approximate surface area is 226 Å². The maximum absolute atomic E-state index is 12.9. The molecular formula is C28H34N4O3S2. The van der Waals surface area contributed by atoms with Crippen LogP contribution in [0.1, 0.15) is 60.5 Å². The lowest BCUT2D eigenvalue weighted by molar-refractivity contribution is -0.113. The summed E-state index contributed by atoms with van der Waals surface area (Å²) < 4.78 is 6.99. The standard InChI is InChI=1S/C28H34N4O3S2/c1-7-14-32-24(18-9-11-19(12-10-18)28(3,4)5)30-31-27(32)36-16-22(33)29-25-23(26(34)35-6)20-13-8-17(2)15-21(20)37-25/h7,9-12,17H,1,8,13-16H2,2-6H3,(H,29,33). The van der Waals surface area contributed by atoms with Gasteiger partial charge >= 0.3 is 5.97 Å². The second kappa shape index (κ2) is 11.2. The van der Waals surface area contributed by atoms with E-state index in [-0.39, 0.29) is 17.1 Å². The third-order valence-corrected chi connectivity index (χ3v) is 8.66. The van der Waals surface area contributed by atoms with Crippen LogP contribution in [0.25, 0.3) is 11.4 Å². The van der Waals surface area contributed by atoms with Gasteiger partial charge in [0.2, 0.25) is 5.91 Å². The van der Waals surface area contributed by atoms with Gasteiger partial charge in [-0.2, -0.15) is 0 Å². The summed E-state index contributed by atoms with van der Waals surface area (Å²) in [7, 11) is 1.37. The van der Waals surface area contributed by atoms with Crippen molar-refractivity contribution in [1.82, 2.24) is 14.8 Å². The van der Waals surface area contributed by atoms with Crippen LogP contribution in [0.2, 0.25) is 0 Å². The number of nitrogens with zero attached hydrogens (tertiary/aromatic N) is 3. The molecule has 0 radical (unpaired) electrons. The highest BCUT2D eigenvalue weighted by Crippen LogP contribution is 2.40. The van der Waals surface area contributed by atoms with Gasteiger partial charge in [0, 0.05) is 17.0 Å². The normalized spacial score (nSPS) is 15.2. The van der Waals surface area contributed by atoms with E-state index in [1.807, 2.05) is 4.57 Å². The van der Waals surface area contributed by atoms with Gasteiger partial charge in [-0.15, -0.1) is 28.1 Å². The zero-order chi connectivity index (χ0) is 26.7. The molecule has 1 amide bonds. The average Bonchev–Trinajstić information content (AvgIpc) is 3.42. The number of hydrogen-bond donors (Lipinski definition) is 1. The molecule has 1 aromatic carbocycles. The van der Waals surface area contributed by atoms with Gasteiger partial charge in [0.1, 0.15) is 5.00 Å². The molecule has 9 heteroatoms. The van der Waals surface area contributed by atoms with E-state index in [2.05, 4.69) is 74.1 Å². The smallest absolute Gasteiger partial charge is 0.341 e. The van der Waals surface area contributed by atoms with Crippen molar-refractivity contribution in [3.63, 3.8) is 0 Å². The number of thioether (sulfide) groups is 1. The SMILES string of the molecule is C=CCn1c(SCC(=O)Nc2sc3c(c2C(=O)OC)CCC(C)C3)nnc1-c1ccc(C(C)(C)C)cc1. The summed E-state index contributed by atoms with van der Waals surface area (Å²) in [6.45, 7) is 13.2. The molecule has 3 aromatic rings. The number of fused-ring (bicyclic) bond motifs is 1. The van der Waals surface area contributed by atoms with Crippen LogP contribution in [-0.4, -0.2) is 39.5 Å². The van der Waals surface area contributed by atoms with Crippen molar-refractivity contribution in [3.8, 4) is 11.4 Å². The quantitative estimate of drug-likeness (QED) is 0.211.